The second-order valence-electron chi connectivity index (χ2n) is 7.82. The highest BCUT2D eigenvalue weighted by Crippen LogP contribution is 2.36. The monoisotopic (exact) mass is 446 g/mol. The predicted octanol–water partition coefficient (Wildman–Crippen LogP) is 2.93. The minimum Gasteiger partial charge on any atom is -0.487 e. The summed E-state index contributed by atoms with van der Waals surface area (Å²) in [4.78, 5) is 24.9. The van der Waals surface area contributed by atoms with Gasteiger partial charge in [0.15, 0.2) is 0 Å². The summed E-state index contributed by atoms with van der Waals surface area (Å²) in [7, 11) is -4.08. The number of hydrogen-bond donors (Lipinski definition) is 2. The summed E-state index contributed by atoms with van der Waals surface area (Å²) >= 11 is 0. The summed E-state index contributed by atoms with van der Waals surface area (Å²) in [5.41, 5.74) is 2.75. The molecule has 8 nitrogen and oxygen atoms in total. The lowest BCUT2D eigenvalue weighted by molar-refractivity contribution is -0.137. The summed E-state index contributed by atoms with van der Waals surface area (Å²) in [6.07, 6.45) is -0.629. The first-order chi connectivity index (χ1) is 14.5. The molecule has 0 bridgehead atoms. The van der Waals surface area contributed by atoms with Crippen LogP contribution in [0.4, 0.5) is 5.69 Å². The van der Waals surface area contributed by atoms with E-state index in [1.165, 1.54) is 30.0 Å². The molecule has 0 fully saturated rings. The molecule has 2 aromatic carbocycles. The van der Waals surface area contributed by atoms with Gasteiger partial charge in [-0.25, -0.2) is 13.1 Å². The minimum absolute atomic E-state index is 0.0733. The largest absolute Gasteiger partial charge is 0.487 e. The molecule has 0 saturated heterocycles. The van der Waals surface area contributed by atoms with Crippen LogP contribution in [0.15, 0.2) is 41.3 Å². The average Bonchev–Trinajstić information content (AvgIpc) is 2.65. The lowest BCUT2D eigenvalue weighted by Gasteiger charge is -2.33. The van der Waals surface area contributed by atoms with Gasteiger partial charge >= 0.3 is 5.97 Å². The van der Waals surface area contributed by atoms with E-state index in [1.54, 1.807) is 6.07 Å². The molecular formula is C22H26N2O6S. The number of ether oxygens (including phenoxy) is 1. The third kappa shape index (κ3) is 5.05. The lowest BCUT2D eigenvalue weighted by atomic mass is 9.98. The van der Waals surface area contributed by atoms with Gasteiger partial charge in [0.2, 0.25) is 15.9 Å². The number of amides is 1. The summed E-state index contributed by atoms with van der Waals surface area (Å²) < 4.78 is 34.6. The Morgan fingerprint density at radius 2 is 1.94 bits per heavy atom. The number of benzene rings is 2. The molecule has 0 aromatic heterocycles. The zero-order valence-corrected chi connectivity index (χ0v) is 18.7. The molecule has 1 heterocycles. The molecule has 166 valence electrons. The molecule has 1 aliphatic rings. The van der Waals surface area contributed by atoms with Crippen LogP contribution in [0.5, 0.6) is 5.75 Å². The number of aliphatic carboxylic acids is 1. The molecule has 2 aromatic rings. The number of hydrogen-bond acceptors (Lipinski definition) is 5. The van der Waals surface area contributed by atoms with Gasteiger partial charge in [0, 0.05) is 6.92 Å². The molecule has 0 aliphatic carbocycles. The van der Waals surface area contributed by atoms with Crippen LogP contribution >= 0.6 is 0 Å². The van der Waals surface area contributed by atoms with Crippen LogP contribution < -0.4 is 14.4 Å². The van der Waals surface area contributed by atoms with Gasteiger partial charge in [0.25, 0.3) is 0 Å². The van der Waals surface area contributed by atoms with Crippen molar-refractivity contribution in [3.63, 3.8) is 0 Å². The van der Waals surface area contributed by atoms with Crippen LogP contribution in [0, 0.1) is 13.8 Å². The number of aryl methyl sites for hydroxylation is 2. The summed E-state index contributed by atoms with van der Waals surface area (Å²) in [5.74, 6) is -0.925. The van der Waals surface area contributed by atoms with Crippen molar-refractivity contribution in [2.45, 2.75) is 51.2 Å². The van der Waals surface area contributed by atoms with Gasteiger partial charge in [0.1, 0.15) is 11.9 Å². The minimum atomic E-state index is -4.08. The Hall–Kier alpha value is -2.91. The van der Waals surface area contributed by atoms with Gasteiger partial charge in [-0.15, -0.1) is 0 Å². The van der Waals surface area contributed by atoms with E-state index in [1.807, 2.05) is 32.9 Å². The molecule has 1 amide bonds. The van der Waals surface area contributed by atoms with Crippen LogP contribution in [-0.2, 0) is 19.6 Å². The van der Waals surface area contributed by atoms with Crippen molar-refractivity contribution in [3.05, 3.63) is 53.1 Å². The highest BCUT2D eigenvalue weighted by molar-refractivity contribution is 7.89. The van der Waals surface area contributed by atoms with Gasteiger partial charge in [0.05, 0.1) is 29.6 Å². The Labute approximate surface area is 181 Å². The molecule has 0 unspecified atom stereocenters. The van der Waals surface area contributed by atoms with Gasteiger partial charge in [-0.2, -0.15) is 0 Å². The maximum Gasteiger partial charge on any atom is 0.305 e. The number of carbonyl (C=O) groups excluding carboxylic acids is 1. The number of anilines is 1. The summed E-state index contributed by atoms with van der Waals surface area (Å²) in [6.45, 7) is 7.26. The highest BCUT2D eigenvalue weighted by Gasteiger charge is 2.30. The number of carbonyl (C=O) groups is 2. The molecule has 0 radical (unpaired) electrons. The van der Waals surface area contributed by atoms with E-state index in [9.17, 15) is 23.1 Å². The standard InChI is InChI=1S/C22H26N2O6S/c1-13-5-7-18(14(2)9-13)19(11-22(26)27)23-31(28,29)17-6-8-21-20(10-17)24(16(4)25)12-15(3)30-21/h5-10,15,19,23H,11-12H2,1-4H3,(H,26,27)/t15-,19-/m1/s1. The number of rotatable bonds is 6. The van der Waals surface area contributed by atoms with Gasteiger partial charge in [-0.05, 0) is 50.1 Å². The van der Waals surface area contributed by atoms with E-state index in [0.717, 1.165) is 11.1 Å². The molecule has 0 saturated carbocycles. The maximum atomic E-state index is 13.2. The van der Waals surface area contributed by atoms with E-state index in [2.05, 4.69) is 4.72 Å². The topological polar surface area (TPSA) is 113 Å². The molecule has 2 N–H and O–H groups in total. The fourth-order valence-electron chi connectivity index (χ4n) is 3.74. The molecule has 31 heavy (non-hydrogen) atoms. The number of carboxylic acids is 1. The molecule has 0 spiro atoms. The molecule has 1 aliphatic heterocycles. The van der Waals surface area contributed by atoms with Crippen molar-refractivity contribution < 1.29 is 27.9 Å². The zero-order chi connectivity index (χ0) is 22.9. The van der Waals surface area contributed by atoms with Crippen molar-refractivity contribution in [2.24, 2.45) is 0 Å². The van der Waals surface area contributed by atoms with E-state index >= 15 is 0 Å². The smallest absolute Gasteiger partial charge is 0.305 e. The Balaban J connectivity index is 1.99. The fourth-order valence-corrected chi connectivity index (χ4v) is 4.98. The predicted molar refractivity (Wildman–Crippen MR) is 116 cm³/mol. The summed E-state index contributed by atoms with van der Waals surface area (Å²) in [5, 5.41) is 9.34. The number of sulfonamides is 1. The lowest BCUT2D eigenvalue weighted by Crippen LogP contribution is -2.41. The first-order valence-corrected chi connectivity index (χ1v) is 11.4. The molecule has 2 atom stereocenters. The van der Waals surface area contributed by atoms with E-state index in [0.29, 0.717) is 23.5 Å². The second kappa shape index (κ2) is 8.68. The SMILES string of the molecule is CC(=O)N1C[C@@H](C)Oc2ccc(S(=O)(=O)N[C@H](CC(=O)O)c3ccc(C)cc3C)cc21. The van der Waals surface area contributed by atoms with Gasteiger partial charge < -0.3 is 14.7 Å². The Bertz CT molecular complexity index is 1130. The van der Waals surface area contributed by atoms with Crippen LogP contribution in [0.3, 0.4) is 0 Å². The second-order valence-corrected chi connectivity index (χ2v) is 9.53. The Kier molecular flexibility index (Phi) is 6.38. The number of fused-ring (bicyclic) bond motifs is 1. The fraction of sp³-hybridized carbons (Fsp3) is 0.364. The Morgan fingerprint density at radius 3 is 2.55 bits per heavy atom. The quantitative estimate of drug-likeness (QED) is 0.705. The van der Waals surface area contributed by atoms with Gasteiger partial charge in [-0.3, -0.25) is 9.59 Å². The molecular weight excluding hydrogens is 420 g/mol. The summed E-state index contributed by atoms with van der Waals surface area (Å²) in [6, 6.07) is 8.76. The van der Waals surface area contributed by atoms with Crippen LogP contribution in [-0.4, -0.2) is 38.0 Å². The van der Waals surface area contributed by atoms with Crippen LogP contribution in [0.1, 0.15) is 43.0 Å². The van der Waals surface area contributed by atoms with Crippen molar-refractivity contribution in [1.82, 2.24) is 4.72 Å². The first-order valence-electron chi connectivity index (χ1n) is 9.88. The number of carboxylic acid groups (broad SMARTS) is 1. The van der Waals surface area contributed by atoms with Crippen LogP contribution in [0.2, 0.25) is 0 Å². The third-order valence-electron chi connectivity index (χ3n) is 5.16. The average molecular weight is 447 g/mol. The molecule has 9 heteroatoms. The van der Waals surface area contributed by atoms with E-state index in [4.69, 9.17) is 4.74 Å². The molecule has 3 rings (SSSR count). The normalized spacial score (nSPS) is 16.9. The van der Waals surface area contributed by atoms with Crippen molar-refractivity contribution in [3.8, 4) is 5.75 Å². The number of nitrogens with one attached hydrogen (secondary N) is 1. The Morgan fingerprint density at radius 1 is 1.23 bits per heavy atom. The van der Waals surface area contributed by atoms with Gasteiger partial charge in [-0.1, -0.05) is 23.8 Å². The van der Waals surface area contributed by atoms with Crippen molar-refractivity contribution in [1.29, 1.82) is 0 Å². The third-order valence-corrected chi connectivity index (χ3v) is 6.63. The van der Waals surface area contributed by atoms with Crippen molar-refractivity contribution in [2.75, 3.05) is 11.4 Å². The van der Waals surface area contributed by atoms with Crippen LogP contribution in [0.25, 0.3) is 0 Å². The van der Waals surface area contributed by atoms with E-state index < -0.39 is 28.5 Å². The number of nitrogens with zero attached hydrogens (tertiary/aromatic N) is 1. The zero-order valence-electron chi connectivity index (χ0n) is 17.9. The maximum absolute atomic E-state index is 13.2. The first kappa shape index (κ1) is 22.8. The van der Waals surface area contributed by atoms with Crippen molar-refractivity contribution >= 4 is 27.6 Å². The van der Waals surface area contributed by atoms with E-state index in [-0.39, 0.29) is 16.9 Å². The highest BCUT2D eigenvalue weighted by atomic mass is 32.2.